The molecule has 0 amide bonds. The van der Waals surface area contributed by atoms with E-state index in [2.05, 4.69) is 76.6 Å². The maximum atomic E-state index is 6.07. The molecule has 0 radical (unpaired) electrons. The van der Waals surface area contributed by atoms with Gasteiger partial charge in [0.1, 0.15) is 11.5 Å². The Balaban J connectivity index is 1.26. The number of hydrogen-bond donors (Lipinski definition) is 1. The molecule has 2 aromatic carbocycles. The molecule has 5 heteroatoms. The number of aromatic nitrogens is 1. The second-order valence-corrected chi connectivity index (χ2v) is 7.84. The van der Waals surface area contributed by atoms with Crippen LogP contribution >= 0.6 is 0 Å². The molecule has 2 heterocycles. The molecule has 1 aliphatic heterocycles. The number of para-hydroxylation sites is 1. The normalized spacial score (nSPS) is 14.9. The van der Waals surface area contributed by atoms with E-state index in [9.17, 15) is 0 Å². The number of nitrogens with one attached hydrogen (secondary N) is 1. The van der Waals surface area contributed by atoms with Gasteiger partial charge < -0.3 is 14.6 Å². The highest BCUT2D eigenvalue weighted by molar-refractivity contribution is 5.61. The van der Waals surface area contributed by atoms with Gasteiger partial charge in [0.2, 0.25) is 0 Å². The highest BCUT2D eigenvalue weighted by Gasteiger charge is 2.17. The van der Waals surface area contributed by atoms with Crippen molar-refractivity contribution >= 4 is 5.69 Å². The maximum absolute atomic E-state index is 6.07. The van der Waals surface area contributed by atoms with Crippen molar-refractivity contribution in [2.75, 3.05) is 44.2 Å². The third kappa shape index (κ3) is 5.29. The van der Waals surface area contributed by atoms with Crippen LogP contribution in [0.1, 0.15) is 25.0 Å². The number of hydrogen-bond acceptors (Lipinski definition) is 5. The Bertz CT molecular complexity index is 886. The predicted octanol–water partition coefficient (Wildman–Crippen LogP) is 4.21. The van der Waals surface area contributed by atoms with Crippen molar-refractivity contribution in [2.45, 2.75) is 26.3 Å². The highest BCUT2D eigenvalue weighted by atomic mass is 16.4. The molecule has 1 aromatic heterocycles. The van der Waals surface area contributed by atoms with Crippen LogP contribution in [-0.4, -0.2) is 49.2 Å². The van der Waals surface area contributed by atoms with Gasteiger partial charge in [0.15, 0.2) is 5.89 Å². The lowest BCUT2D eigenvalue weighted by molar-refractivity contribution is 0.256. The summed E-state index contributed by atoms with van der Waals surface area (Å²) in [6, 6.07) is 21.0. The summed E-state index contributed by atoms with van der Waals surface area (Å²) in [5.41, 5.74) is 3.43. The molecular formula is C25H32N4O. The van der Waals surface area contributed by atoms with Gasteiger partial charge in [-0.25, -0.2) is 4.98 Å². The van der Waals surface area contributed by atoms with Crippen LogP contribution in [-0.2, 0) is 13.0 Å². The molecule has 1 saturated heterocycles. The summed E-state index contributed by atoms with van der Waals surface area (Å²) in [6.07, 6.45) is 1.92. The molecule has 0 aliphatic carbocycles. The van der Waals surface area contributed by atoms with E-state index in [1.54, 1.807) is 0 Å². The van der Waals surface area contributed by atoms with Crippen LogP contribution in [0.15, 0.2) is 65.1 Å². The van der Waals surface area contributed by atoms with Crippen molar-refractivity contribution in [1.82, 2.24) is 15.2 Å². The van der Waals surface area contributed by atoms with Gasteiger partial charge in [-0.1, -0.05) is 55.5 Å². The van der Waals surface area contributed by atoms with Gasteiger partial charge in [-0.15, -0.1) is 0 Å². The van der Waals surface area contributed by atoms with Gasteiger partial charge in [0.25, 0.3) is 0 Å². The fraction of sp³-hybridized carbons (Fsp3) is 0.400. The summed E-state index contributed by atoms with van der Waals surface area (Å²) in [5, 5.41) is 3.57. The maximum Gasteiger partial charge on any atom is 0.195 e. The molecule has 5 nitrogen and oxygen atoms in total. The van der Waals surface area contributed by atoms with Crippen LogP contribution in [0.4, 0.5) is 5.69 Å². The molecule has 0 unspecified atom stereocenters. The fourth-order valence-electron chi connectivity index (χ4n) is 3.97. The Morgan fingerprint density at radius 1 is 0.933 bits per heavy atom. The summed E-state index contributed by atoms with van der Waals surface area (Å²) in [6.45, 7) is 9.26. The molecule has 1 fully saturated rings. The summed E-state index contributed by atoms with van der Waals surface area (Å²) >= 11 is 0. The first-order chi connectivity index (χ1) is 14.8. The Morgan fingerprint density at radius 2 is 1.63 bits per heavy atom. The predicted molar refractivity (Wildman–Crippen MR) is 123 cm³/mol. The van der Waals surface area contributed by atoms with Crippen LogP contribution in [0.5, 0.6) is 0 Å². The zero-order chi connectivity index (χ0) is 20.6. The topological polar surface area (TPSA) is 44.5 Å². The second-order valence-electron chi connectivity index (χ2n) is 7.84. The molecule has 0 atom stereocenters. The van der Waals surface area contributed by atoms with Gasteiger partial charge in [-0.2, -0.15) is 0 Å². The number of benzene rings is 2. The van der Waals surface area contributed by atoms with E-state index in [-0.39, 0.29) is 0 Å². The van der Waals surface area contributed by atoms with E-state index >= 15 is 0 Å². The first-order valence-corrected chi connectivity index (χ1v) is 11.1. The molecule has 0 saturated carbocycles. The number of anilines is 1. The third-order valence-corrected chi connectivity index (χ3v) is 5.64. The van der Waals surface area contributed by atoms with Crippen LogP contribution in [0, 0.1) is 0 Å². The van der Waals surface area contributed by atoms with Crippen molar-refractivity contribution in [3.63, 3.8) is 0 Å². The number of nitrogens with zero attached hydrogens (tertiary/aromatic N) is 3. The number of oxazole rings is 1. The SMILES string of the molecule is CCCc1nc(-c2ccccc2)c(CNCCN2CCN(c3ccccc3)CC2)o1. The molecule has 0 spiro atoms. The Kier molecular flexibility index (Phi) is 7.16. The van der Waals surface area contributed by atoms with Crippen LogP contribution in [0.3, 0.4) is 0 Å². The van der Waals surface area contributed by atoms with Gasteiger partial charge in [0.05, 0.1) is 6.54 Å². The van der Waals surface area contributed by atoms with Crippen molar-refractivity contribution in [2.24, 2.45) is 0 Å². The van der Waals surface area contributed by atoms with Gasteiger partial charge >= 0.3 is 0 Å². The summed E-state index contributed by atoms with van der Waals surface area (Å²) in [7, 11) is 0. The molecule has 1 aliphatic rings. The van der Waals surface area contributed by atoms with Crippen molar-refractivity contribution in [3.05, 3.63) is 72.3 Å². The number of rotatable bonds is 9. The average molecular weight is 405 g/mol. The molecule has 30 heavy (non-hydrogen) atoms. The van der Waals surface area contributed by atoms with Gasteiger partial charge in [0, 0.05) is 56.9 Å². The Labute approximate surface area is 179 Å². The van der Waals surface area contributed by atoms with Crippen molar-refractivity contribution in [1.29, 1.82) is 0 Å². The van der Waals surface area contributed by atoms with E-state index in [0.717, 1.165) is 75.0 Å². The van der Waals surface area contributed by atoms with Crippen molar-refractivity contribution in [3.8, 4) is 11.3 Å². The van der Waals surface area contributed by atoms with Crippen LogP contribution < -0.4 is 10.2 Å². The standard InChI is InChI=1S/C25H32N4O/c1-2-9-24-27-25(21-10-5-3-6-11-21)23(30-24)20-26-14-15-28-16-18-29(19-17-28)22-12-7-4-8-13-22/h3-8,10-13,26H,2,9,14-20H2,1H3. The lowest BCUT2D eigenvalue weighted by Crippen LogP contribution is -2.48. The van der Waals surface area contributed by atoms with E-state index in [1.165, 1.54) is 5.69 Å². The van der Waals surface area contributed by atoms with Gasteiger partial charge in [-0.3, -0.25) is 4.90 Å². The Morgan fingerprint density at radius 3 is 2.33 bits per heavy atom. The van der Waals surface area contributed by atoms with E-state index in [0.29, 0.717) is 6.54 Å². The fourth-order valence-corrected chi connectivity index (χ4v) is 3.97. The average Bonchev–Trinajstić information content (AvgIpc) is 3.21. The largest absolute Gasteiger partial charge is 0.444 e. The van der Waals surface area contributed by atoms with E-state index in [4.69, 9.17) is 9.40 Å². The summed E-state index contributed by atoms with van der Waals surface area (Å²) in [4.78, 5) is 9.76. The van der Waals surface area contributed by atoms with Crippen LogP contribution in [0.25, 0.3) is 11.3 Å². The highest BCUT2D eigenvalue weighted by Crippen LogP contribution is 2.24. The molecule has 158 valence electrons. The van der Waals surface area contributed by atoms with Crippen LogP contribution in [0.2, 0.25) is 0 Å². The van der Waals surface area contributed by atoms with E-state index in [1.807, 2.05) is 6.07 Å². The van der Waals surface area contributed by atoms with Gasteiger partial charge in [-0.05, 0) is 18.6 Å². The minimum Gasteiger partial charge on any atom is -0.444 e. The minimum absolute atomic E-state index is 0.713. The minimum atomic E-state index is 0.713. The first-order valence-electron chi connectivity index (χ1n) is 11.1. The zero-order valence-electron chi connectivity index (χ0n) is 17.9. The lowest BCUT2D eigenvalue weighted by Gasteiger charge is -2.36. The zero-order valence-corrected chi connectivity index (χ0v) is 17.9. The number of aryl methyl sites for hydroxylation is 1. The smallest absolute Gasteiger partial charge is 0.195 e. The molecule has 0 bridgehead atoms. The molecule has 1 N–H and O–H groups in total. The molecule has 3 aromatic rings. The molecule has 4 rings (SSSR count). The monoisotopic (exact) mass is 404 g/mol. The second kappa shape index (κ2) is 10.4. The lowest BCUT2D eigenvalue weighted by atomic mass is 10.1. The molecular weight excluding hydrogens is 372 g/mol. The Hall–Kier alpha value is -2.63. The quantitative estimate of drug-likeness (QED) is 0.542. The number of piperazine rings is 1. The summed E-state index contributed by atoms with van der Waals surface area (Å²) < 4.78 is 6.07. The summed E-state index contributed by atoms with van der Waals surface area (Å²) in [5.74, 6) is 1.78. The first kappa shape index (κ1) is 20.6. The van der Waals surface area contributed by atoms with E-state index < -0.39 is 0 Å². The third-order valence-electron chi connectivity index (χ3n) is 5.64. The van der Waals surface area contributed by atoms with Crippen molar-refractivity contribution < 1.29 is 4.42 Å².